The van der Waals surface area contributed by atoms with Crippen molar-refractivity contribution in [2.24, 2.45) is 4.99 Å². The van der Waals surface area contributed by atoms with E-state index >= 15 is 0 Å². The molecule has 0 bridgehead atoms. The van der Waals surface area contributed by atoms with E-state index < -0.39 is 0 Å². The first-order chi connectivity index (χ1) is 12.1. The van der Waals surface area contributed by atoms with Gasteiger partial charge < -0.3 is 0 Å². The van der Waals surface area contributed by atoms with E-state index in [2.05, 4.69) is 4.99 Å². The number of anilines is 1. The van der Waals surface area contributed by atoms with Crippen LogP contribution in [0.4, 0.5) is 5.69 Å². The second kappa shape index (κ2) is 6.39. The van der Waals surface area contributed by atoms with Crippen molar-refractivity contribution in [1.29, 1.82) is 0 Å². The van der Waals surface area contributed by atoms with Gasteiger partial charge in [-0.3, -0.25) is 24.3 Å². The van der Waals surface area contributed by atoms with Crippen LogP contribution in [-0.4, -0.2) is 29.9 Å². The Labute approximate surface area is 146 Å². The SMILES string of the molecule is O=C1CN=C(Cc2cccc(N3C(=O)CCC3=O)c2)C2=C1CCCC2. The smallest absolute Gasteiger partial charge is 0.234 e. The van der Waals surface area contributed by atoms with Crippen LogP contribution in [-0.2, 0) is 20.8 Å². The van der Waals surface area contributed by atoms with Crippen molar-refractivity contribution in [2.45, 2.75) is 44.9 Å². The van der Waals surface area contributed by atoms with Gasteiger partial charge in [0.05, 0.1) is 5.69 Å². The molecule has 1 saturated heterocycles. The Morgan fingerprint density at radius 1 is 0.920 bits per heavy atom. The van der Waals surface area contributed by atoms with Gasteiger partial charge in [-0.2, -0.15) is 0 Å². The topological polar surface area (TPSA) is 66.8 Å². The molecule has 1 aromatic rings. The minimum Gasteiger partial charge on any atom is -0.292 e. The van der Waals surface area contributed by atoms with E-state index in [1.807, 2.05) is 18.2 Å². The number of amides is 2. The third kappa shape index (κ3) is 2.95. The molecule has 128 valence electrons. The zero-order chi connectivity index (χ0) is 17.4. The van der Waals surface area contributed by atoms with Crippen molar-refractivity contribution in [2.75, 3.05) is 11.4 Å². The fourth-order valence-corrected chi connectivity index (χ4v) is 3.92. The molecule has 0 spiro atoms. The molecule has 1 aliphatic carbocycles. The first-order valence-electron chi connectivity index (χ1n) is 8.87. The van der Waals surface area contributed by atoms with Crippen LogP contribution >= 0.6 is 0 Å². The van der Waals surface area contributed by atoms with E-state index in [9.17, 15) is 14.4 Å². The molecular formula is C20H20N2O3. The van der Waals surface area contributed by atoms with Gasteiger partial charge in [0.1, 0.15) is 6.54 Å². The number of rotatable bonds is 3. The number of Topliss-reactive ketones (excluding diaryl/α,β-unsaturated/α-hetero) is 1. The Balaban J connectivity index is 1.60. The van der Waals surface area contributed by atoms with Gasteiger partial charge in [0.15, 0.2) is 5.78 Å². The fourth-order valence-electron chi connectivity index (χ4n) is 3.92. The number of nitrogens with zero attached hydrogens (tertiary/aromatic N) is 2. The Kier molecular flexibility index (Phi) is 4.07. The molecule has 4 rings (SSSR count). The Morgan fingerprint density at radius 3 is 2.40 bits per heavy atom. The summed E-state index contributed by atoms with van der Waals surface area (Å²) >= 11 is 0. The van der Waals surface area contributed by atoms with E-state index in [0.717, 1.165) is 48.1 Å². The lowest BCUT2D eigenvalue weighted by Crippen LogP contribution is -2.28. The summed E-state index contributed by atoms with van der Waals surface area (Å²) in [6.45, 7) is 0.247. The lowest BCUT2D eigenvalue weighted by Gasteiger charge is -2.24. The van der Waals surface area contributed by atoms with Crippen molar-refractivity contribution >= 4 is 29.0 Å². The Hall–Kier alpha value is -2.56. The summed E-state index contributed by atoms with van der Waals surface area (Å²) in [4.78, 5) is 41.8. The summed E-state index contributed by atoms with van der Waals surface area (Å²) in [5.74, 6) is -0.111. The van der Waals surface area contributed by atoms with Crippen LogP contribution < -0.4 is 4.90 Å². The van der Waals surface area contributed by atoms with Gasteiger partial charge >= 0.3 is 0 Å². The van der Waals surface area contributed by atoms with Gasteiger partial charge in [-0.25, -0.2) is 0 Å². The molecule has 25 heavy (non-hydrogen) atoms. The zero-order valence-electron chi connectivity index (χ0n) is 14.1. The van der Waals surface area contributed by atoms with Crippen molar-refractivity contribution in [1.82, 2.24) is 0 Å². The fraction of sp³-hybridized carbons (Fsp3) is 0.400. The largest absolute Gasteiger partial charge is 0.292 e. The average molecular weight is 336 g/mol. The van der Waals surface area contributed by atoms with Crippen LogP contribution in [0, 0.1) is 0 Å². The van der Waals surface area contributed by atoms with Crippen molar-refractivity contribution < 1.29 is 14.4 Å². The first kappa shape index (κ1) is 15.9. The molecule has 1 fully saturated rings. The molecule has 2 heterocycles. The lowest BCUT2D eigenvalue weighted by atomic mass is 9.83. The number of allylic oxidation sites excluding steroid dienone is 1. The highest BCUT2D eigenvalue weighted by Crippen LogP contribution is 2.31. The van der Waals surface area contributed by atoms with E-state index in [1.165, 1.54) is 4.90 Å². The molecule has 0 N–H and O–H groups in total. The van der Waals surface area contributed by atoms with Gasteiger partial charge in [-0.15, -0.1) is 0 Å². The van der Waals surface area contributed by atoms with Crippen LogP contribution in [0.5, 0.6) is 0 Å². The van der Waals surface area contributed by atoms with Crippen LogP contribution in [0.3, 0.4) is 0 Å². The number of aliphatic imine (C=N–C) groups is 1. The minimum atomic E-state index is -0.139. The lowest BCUT2D eigenvalue weighted by molar-refractivity contribution is -0.121. The standard InChI is InChI=1S/C20H20N2O3/c23-18-12-21-17(15-6-1-2-7-16(15)18)11-13-4-3-5-14(10-13)22-19(24)8-9-20(22)25/h3-5,10H,1-2,6-9,11-12H2. The molecule has 2 aliphatic heterocycles. The van der Waals surface area contributed by atoms with E-state index in [4.69, 9.17) is 0 Å². The molecule has 5 heteroatoms. The molecule has 0 atom stereocenters. The van der Waals surface area contributed by atoms with E-state index in [0.29, 0.717) is 12.1 Å². The predicted octanol–water partition coefficient (Wildman–Crippen LogP) is 2.78. The molecule has 2 amide bonds. The van der Waals surface area contributed by atoms with Crippen LogP contribution in [0.25, 0.3) is 0 Å². The quantitative estimate of drug-likeness (QED) is 0.797. The second-order valence-corrected chi connectivity index (χ2v) is 6.82. The number of hydrogen-bond acceptors (Lipinski definition) is 4. The van der Waals surface area contributed by atoms with E-state index in [-0.39, 0.29) is 37.0 Å². The predicted molar refractivity (Wildman–Crippen MR) is 94.7 cm³/mol. The van der Waals surface area contributed by atoms with Crippen molar-refractivity contribution in [3.63, 3.8) is 0 Å². The molecular weight excluding hydrogens is 316 g/mol. The number of benzene rings is 1. The van der Waals surface area contributed by atoms with Crippen molar-refractivity contribution in [3.8, 4) is 0 Å². The summed E-state index contributed by atoms with van der Waals surface area (Å²) in [7, 11) is 0. The highest BCUT2D eigenvalue weighted by atomic mass is 16.2. The molecule has 0 unspecified atom stereocenters. The summed E-state index contributed by atoms with van der Waals surface area (Å²) in [6, 6.07) is 7.54. The Bertz CT molecular complexity index is 819. The highest BCUT2D eigenvalue weighted by Gasteiger charge is 2.30. The van der Waals surface area contributed by atoms with Crippen LogP contribution in [0.15, 0.2) is 40.4 Å². The minimum absolute atomic E-state index is 0.139. The van der Waals surface area contributed by atoms with Crippen LogP contribution in [0.2, 0.25) is 0 Å². The van der Waals surface area contributed by atoms with E-state index in [1.54, 1.807) is 6.07 Å². The summed E-state index contributed by atoms with van der Waals surface area (Å²) in [5.41, 5.74) is 4.73. The zero-order valence-corrected chi connectivity index (χ0v) is 14.1. The number of carbonyl (C=O) groups excluding carboxylic acids is 3. The third-order valence-electron chi connectivity index (χ3n) is 5.16. The summed E-state index contributed by atoms with van der Waals surface area (Å²) < 4.78 is 0. The molecule has 0 saturated carbocycles. The number of imide groups is 1. The molecule has 0 aromatic heterocycles. The van der Waals surface area contributed by atoms with Crippen molar-refractivity contribution in [3.05, 3.63) is 41.0 Å². The first-order valence-corrected chi connectivity index (χ1v) is 8.87. The normalized spacial score (nSPS) is 20.9. The molecule has 1 aromatic carbocycles. The van der Waals surface area contributed by atoms with Gasteiger partial charge in [-0.05, 0) is 49.0 Å². The van der Waals surface area contributed by atoms with Gasteiger partial charge in [0.2, 0.25) is 11.8 Å². The number of dihydropyridines is 1. The Morgan fingerprint density at radius 2 is 1.64 bits per heavy atom. The van der Waals surface area contributed by atoms with Crippen LogP contribution in [0.1, 0.15) is 44.1 Å². The maximum absolute atomic E-state index is 12.1. The average Bonchev–Trinajstić information content (AvgIpc) is 2.96. The van der Waals surface area contributed by atoms with Gasteiger partial charge in [-0.1, -0.05) is 12.1 Å². The van der Waals surface area contributed by atoms with Gasteiger partial charge in [0, 0.05) is 30.5 Å². The summed E-state index contributed by atoms with van der Waals surface area (Å²) in [5, 5.41) is 0. The third-order valence-corrected chi connectivity index (χ3v) is 5.16. The molecule has 0 radical (unpaired) electrons. The summed E-state index contributed by atoms with van der Waals surface area (Å²) in [6.07, 6.45) is 5.17. The number of carbonyl (C=O) groups is 3. The highest BCUT2D eigenvalue weighted by molar-refractivity contribution is 6.20. The van der Waals surface area contributed by atoms with Gasteiger partial charge in [0.25, 0.3) is 0 Å². The maximum Gasteiger partial charge on any atom is 0.234 e. The number of ketones is 1. The molecule has 3 aliphatic rings. The molecule has 5 nitrogen and oxygen atoms in total. The maximum atomic E-state index is 12.1. The second-order valence-electron chi connectivity index (χ2n) is 6.82. The number of hydrogen-bond donors (Lipinski definition) is 0. The monoisotopic (exact) mass is 336 g/mol.